The Morgan fingerprint density at radius 1 is 1.44 bits per heavy atom. The van der Waals surface area contributed by atoms with Gasteiger partial charge in [0, 0.05) is 19.0 Å². The number of carbonyl (C=O) groups excluding carboxylic acids is 1. The summed E-state index contributed by atoms with van der Waals surface area (Å²) >= 11 is 0. The molecule has 0 aromatic rings. The van der Waals surface area contributed by atoms with Crippen LogP contribution in [-0.2, 0) is 4.79 Å². The monoisotopic (exact) mass is 222 g/mol. The van der Waals surface area contributed by atoms with E-state index < -0.39 is 0 Å². The number of hydrogen-bond donors (Lipinski definition) is 0. The summed E-state index contributed by atoms with van der Waals surface area (Å²) in [7, 11) is 0. The second-order valence-electron chi connectivity index (χ2n) is 5.07. The van der Waals surface area contributed by atoms with Crippen LogP contribution < -0.4 is 0 Å². The molecule has 0 spiro atoms. The molecule has 0 aromatic heterocycles. The average molecular weight is 222 g/mol. The Balaban J connectivity index is 2.52. The van der Waals surface area contributed by atoms with E-state index in [-0.39, 0.29) is 11.8 Å². The summed E-state index contributed by atoms with van der Waals surface area (Å²) in [6.45, 7) is 5.61. The van der Waals surface area contributed by atoms with Crippen molar-refractivity contribution < 1.29 is 4.79 Å². The molecule has 0 N–H and O–H groups in total. The number of carbonyl (C=O) groups is 1. The van der Waals surface area contributed by atoms with E-state index in [4.69, 9.17) is 5.26 Å². The standard InChI is InChI=1S/C13H22N2O/c1-11(2)10-15(9-5-8-14)13(16)12-6-3-4-7-12/h11-12H,3-7,9-10H2,1-2H3. The third-order valence-electron chi connectivity index (χ3n) is 3.10. The molecule has 0 bridgehead atoms. The molecule has 16 heavy (non-hydrogen) atoms. The van der Waals surface area contributed by atoms with Crippen molar-refractivity contribution in [3.05, 3.63) is 0 Å². The van der Waals surface area contributed by atoms with Gasteiger partial charge in [0.05, 0.1) is 12.5 Å². The van der Waals surface area contributed by atoms with E-state index in [0.29, 0.717) is 18.9 Å². The van der Waals surface area contributed by atoms with Crippen LogP contribution in [0.4, 0.5) is 0 Å². The average Bonchev–Trinajstić information content (AvgIpc) is 2.76. The van der Waals surface area contributed by atoms with Crippen LogP contribution >= 0.6 is 0 Å². The molecule has 0 saturated heterocycles. The third-order valence-corrected chi connectivity index (χ3v) is 3.10. The second-order valence-corrected chi connectivity index (χ2v) is 5.07. The van der Waals surface area contributed by atoms with Crippen molar-refractivity contribution in [2.24, 2.45) is 11.8 Å². The lowest BCUT2D eigenvalue weighted by molar-refractivity contribution is -0.135. The molecule has 3 nitrogen and oxygen atoms in total. The highest BCUT2D eigenvalue weighted by molar-refractivity contribution is 5.79. The zero-order valence-corrected chi connectivity index (χ0v) is 10.4. The number of nitrogens with zero attached hydrogens (tertiary/aromatic N) is 2. The van der Waals surface area contributed by atoms with E-state index in [1.807, 2.05) is 4.90 Å². The van der Waals surface area contributed by atoms with Crippen molar-refractivity contribution >= 4 is 5.91 Å². The van der Waals surface area contributed by atoms with Crippen LogP contribution in [0.25, 0.3) is 0 Å². The highest BCUT2D eigenvalue weighted by atomic mass is 16.2. The number of amides is 1. The maximum absolute atomic E-state index is 12.2. The molecule has 0 radical (unpaired) electrons. The molecule has 90 valence electrons. The molecule has 0 atom stereocenters. The Kier molecular flexibility index (Phi) is 5.31. The summed E-state index contributed by atoms with van der Waals surface area (Å²) in [5.74, 6) is 0.989. The van der Waals surface area contributed by atoms with Gasteiger partial charge in [0.15, 0.2) is 0 Å². The molecule has 3 heteroatoms. The molecular formula is C13H22N2O. The van der Waals surface area contributed by atoms with E-state index in [2.05, 4.69) is 19.9 Å². The van der Waals surface area contributed by atoms with Gasteiger partial charge in [-0.25, -0.2) is 0 Å². The van der Waals surface area contributed by atoms with E-state index in [9.17, 15) is 4.79 Å². The Bertz CT molecular complexity index is 262. The van der Waals surface area contributed by atoms with Gasteiger partial charge in [-0.3, -0.25) is 4.79 Å². The summed E-state index contributed by atoms with van der Waals surface area (Å²) in [6, 6.07) is 2.12. The van der Waals surface area contributed by atoms with Gasteiger partial charge in [0.1, 0.15) is 0 Å². The molecule has 1 fully saturated rings. The van der Waals surface area contributed by atoms with Crippen molar-refractivity contribution in [1.82, 2.24) is 4.90 Å². The maximum Gasteiger partial charge on any atom is 0.225 e. The van der Waals surface area contributed by atoms with E-state index in [1.54, 1.807) is 0 Å². The molecule has 1 rings (SSSR count). The van der Waals surface area contributed by atoms with E-state index in [0.717, 1.165) is 19.4 Å². The van der Waals surface area contributed by atoms with Crippen LogP contribution in [0.1, 0.15) is 46.0 Å². The normalized spacial score (nSPS) is 16.4. The highest BCUT2D eigenvalue weighted by Crippen LogP contribution is 2.26. The molecule has 0 heterocycles. The molecule has 1 amide bonds. The SMILES string of the molecule is CC(C)CN(CCC#N)C(=O)C1CCCC1. The Labute approximate surface area is 98.4 Å². The molecule has 1 aliphatic rings. The minimum Gasteiger partial charge on any atom is -0.341 e. The van der Waals surface area contributed by atoms with Crippen LogP contribution in [-0.4, -0.2) is 23.9 Å². The minimum atomic E-state index is 0.234. The largest absolute Gasteiger partial charge is 0.341 e. The summed E-state index contributed by atoms with van der Waals surface area (Å²) in [5, 5.41) is 8.61. The molecule has 0 aliphatic heterocycles. The topological polar surface area (TPSA) is 44.1 Å². The van der Waals surface area contributed by atoms with Gasteiger partial charge in [-0.1, -0.05) is 26.7 Å². The predicted molar refractivity (Wildman–Crippen MR) is 63.6 cm³/mol. The minimum absolute atomic E-state index is 0.234. The molecule has 0 aromatic carbocycles. The molecular weight excluding hydrogens is 200 g/mol. The van der Waals surface area contributed by atoms with Gasteiger partial charge in [0.25, 0.3) is 0 Å². The fourth-order valence-corrected chi connectivity index (χ4v) is 2.35. The van der Waals surface area contributed by atoms with Gasteiger partial charge in [-0.15, -0.1) is 0 Å². The lowest BCUT2D eigenvalue weighted by Crippen LogP contribution is -2.38. The summed E-state index contributed by atoms with van der Waals surface area (Å²) in [4.78, 5) is 14.1. The summed E-state index contributed by atoms with van der Waals surface area (Å²) in [5.41, 5.74) is 0. The highest BCUT2D eigenvalue weighted by Gasteiger charge is 2.27. The quantitative estimate of drug-likeness (QED) is 0.717. The fourth-order valence-electron chi connectivity index (χ4n) is 2.35. The van der Waals surface area contributed by atoms with Gasteiger partial charge < -0.3 is 4.90 Å². The lowest BCUT2D eigenvalue weighted by atomic mass is 10.1. The van der Waals surface area contributed by atoms with Crippen molar-refractivity contribution in [2.45, 2.75) is 46.0 Å². The number of hydrogen-bond acceptors (Lipinski definition) is 2. The van der Waals surface area contributed by atoms with Crippen LogP contribution in [0.2, 0.25) is 0 Å². The zero-order chi connectivity index (χ0) is 12.0. The number of nitriles is 1. The zero-order valence-electron chi connectivity index (χ0n) is 10.4. The van der Waals surface area contributed by atoms with Crippen molar-refractivity contribution in [3.8, 4) is 6.07 Å². The van der Waals surface area contributed by atoms with Crippen molar-refractivity contribution in [3.63, 3.8) is 0 Å². The molecule has 1 saturated carbocycles. The Morgan fingerprint density at radius 2 is 2.06 bits per heavy atom. The third kappa shape index (κ3) is 3.84. The van der Waals surface area contributed by atoms with Crippen molar-refractivity contribution in [1.29, 1.82) is 5.26 Å². The van der Waals surface area contributed by atoms with E-state index >= 15 is 0 Å². The second kappa shape index (κ2) is 6.52. The van der Waals surface area contributed by atoms with Crippen LogP contribution in [0.5, 0.6) is 0 Å². The van der Waals surface area contributed by atoms with Gasteiger partial charge >= 0.3 is 0 Å². The molecule has 0 unspecified atom stereocenters. The van der Waals surface area contributed by atoms with Crippen molar-refractivity contribution in [2.75, 3.05) is 13.1 Å². The molecule has 1 aliphatic carbocycles. The number of rotatable bonds is 5. The van der Waals surface area contributed by atoms with Gasteiger partial charge in [-0.05, 0) is 18.8 Å². The van der Waals surface area contributed by atoms with Gasteiger partial charge in [0.2, 0.25) is 5.91 Å². The smallest absolute Gasteiger partial charge is 0.225 e. The first-order chi connectivity index (χ1) is 7.65. The maximum atomic E-state index is 12.2. The first-order valence-electron chi connectivity index (χ1n) is 6.31. The first-order valence-corrected chi connectivity index (χ1v) is 6.31. The Hall–Kier alpha value is -1.04. The lowest BCUT2D eigenvalue weighted by Gasteiger charge is -2.26. The van der Waals surface area contributed by atoms with Gasteiger partial charge in [-0.2, -0.15) is 5.26 Å². The Morgan fingerprint density at radius 3 is 2.56 bits per heavy atom. The van der Waals surface area contributed by atoms with Crippen LogP contribution in [0.15, 0.2) is 0 Å². The predicted octanol–water partition coefficient (Wildman–Crippen LogP) is 2.57. The first kappa shape index (κ1) is 13.0. The fraction of sp³-hybridized carbons (Fsp3) is 0.846. The summed E-state index contributed by atoms with van der Waals surface area (Å²) in [6.07, 6.45) is 4.90. The van der Waals surface area contributed by atoms with Crippen LogP contribution in [0, 0.1) is 23.2 Å². The van der Waals surface area contributed by atoms with E-state index in [1.165, 1.54) is 12.8 Å². The van der Waals surface area contributed by atoms with Crippen LogP contribution in [0.3, 0.4) is 0 Å². The summed E-state index contributed by atoms with van der Waals surface area (Å²) < 4.78 is 0.